The van der Waals surface area contributed by atoms with Crippen LogP contribution in [0.4, 0.5) is 0 Å². The molecule has 1 aromatic heterocycles. The first-order valence-corrected chi connectivity index (χ1v) is 9.34. The number of sulfonamides is 1. The zero-order valence-corrected chi connectivity index (χ0v) is 13.4. The van der Waals surface area contributed by atoms with Gasteiger partial charge >= 0.3 is 0 Å². The van der Waals surface area contributed by atoms with Crippen molar-refractivity contribution in [3.8, 4) is 0 Å². The summed E-state index contributed by atoms with van der Waals surface area (Å²) in [6, 6.07) is 10.3. The fourth-order valence-electron chi connectivity index (χ4n) is 1.95. The number of hydrogen-bond acceptors (Lipinski definition) is 4. The largest absolute Gasteiger partial charge is 0.347 e. The van der Waals surface area contributed by atoms with E-state index in [0.29, 0.717) is 11.4 Å². The Labute approximate surface area is 133 Å². The van der Waals surface area contributed by atoms with Crippen LogP contribution in [0.3, 0.4) is 0 Å². The Morgan fingerprint density at radius 3 is 2.50 bits per heavy atom. The van der Waals surface area contributed by atoms with Crippen LogP contribution in [0.5, 0.6) is 0 Å². The van der Waals surface area contributed by atoms with Gasteiger partial charge in [-0.05, 0) is 42.0 Å². The lowest BCUT2D eigenvalue weighted by molar-refractivity contribution is 0.0955. The number of benzene rings is 1. The summed E-state index contributed by atoms with van der Waals surface area (Å²) in [4.78, 5) is 12.7. The molecule has 1 aliphatic rings. The Morgan fingerprint density at radius 1 is 1.18 bits per heavy atom. The minimum atomic E-state index is -3.42. The number of rotatable bonds is 6. The van der Waals surface area contributed by atoms with Crippen LogP contribution in [0, 0.1) is 0 Å². The second-order valence-electron chi connectivity index (χ2n) is 5.20. The number of amides is 1. The van der Waals surface area contributed by atoms with Crippen molar-refractivity contribution < 1.29 is 13.2 Å². The van der Waals surface area contributed by atoms with E-state index in [2.05, 4.69) is 10.0 Å². The number of nitrogens with one attached hydrogen (secondary N) is 2. The van der Waals surface area contributed by atoms with Gasteiger partial charge in [0.05, 0.1) is 9.77 Å². The SMILES string of the molecule is O=C(NCc1ccc(S(=O)(=O)NC2CC2)cc1)c1cccs1. The number of carbonyl (C=O) groups excluding carboxylic acids is 1. The molecule has 1 aromatic carbocycles. The predicted molar refractivity (Wildman–Crippen MR) is 85.3 cm³/mol. The van der Waals surface area contributed by atoms with Crippen LogP contribution in [0.15, 0.2) is 46.7 Å². The minimum Gasteiger partial charge on any atom is -0.347 e. The topological polar surface area (TPSA) is 75.3 Å². The number of thiophene rings is 1. The Kier molecular flexibility index (Phi) is 4.28. The van der Waals surface area contributed by atoms with Crippen molar-refractivity contribution >= 4 is 27.3 Å². The van der Waals surface area contributed by atoms with Gasteiger partial charge in [0.15, 0.2) is 0 Å². The molecule has 0 radical (unpaired) electrons. The van der Waals surface area contributed by atoms with Crippen LogP contribution in [-0.4, -0.2) is 20.4 Å². The standard InChI is InChI=1S/C15H16N2O3S2/c18-15(14-2-1-9-21-14)16-10-11-3-7-13(8-4-11)22(19,20)17-12-5-6-12/h1-4,7-9,12,17H,5-6,10H2,(H,16,18). The minimum absolute atomic E-state index is 0.0924. The first-order chi connectivity index (χ1) is 10.5. The first kappa shape index (κ1) is 15.2. The summed E-state index contributed by atoms with van der Waals surface area (Å²) >= 11 is 1.38. The van der Waals surface area contributed by atoms with Crippen LogP contribution in [-0.2, 0) is 16.6 Å². The second-order valence-corrected chi connectivity index (χ2v) is 7.86. The van der Waals surface area contributed by atoms with Gasteiger partial charge in [-0.25, -0.2) is 13.1 Å². The number of carbonyl (C=O) groups is 1. The van der Waals surface area contributed by atoms with Gasteiger partial charge in [-0.3, -0.25) is 4.79 Å². The average molecular weight is 336 g/mol. The smallest absolute Gasteiger partial charge is 0.261 e. The predicted octanol–water partition coefficient (Wildman–Crippen LogP) is 2.12. The Balaban J connectivity index is 1.60. The molecule has 1 fully saturated rings. The molecular formula is C15H16N2O3S2. The molecule has 7 heteroatoms. The van der Waals surface area contributed by atoms with Gasteiger partial charge in [-0.15, -0.1) is 11.3 Å². The Bertz CT molecular complexity index is 749. The first-order valence-electron chi connectivity index (χ1n) is 6.97. The summed E-state index contributed by atoms with van der Waals surface area (Å²) in [5.74, 6) is -0.123. The maximum absolute atomic E-state index is 12.0. The molecule has 1 saturated carbocycles. The van der Waals surface area contributed by atoms with Gasteiger partial charge in [-0.1, -0.05) is 18.2 Å². The molecular weight excluding hydrogens is 320 g/mol. The van der Waals surface area contributed by atoms with E-state index in [9.17, 15) is 13.2 Å². The van der Waals surface area contributed by atoms with Crippen LogP contribution >= 0.6 is 11.3 Å². The highest BCUT2D eigenvalue weighted by atomic mass is 32.2. The van der Waals surface area contributed by atoms with Crippen molar-refractivity contribution in [1.29, 1.82) is 0 Å². The zero-order valence-electron chi connectivity index (χ0n) is 11.8. The lowest BCUT2D eigenvalue weighted by atomic mass is 10.2. The maximum Gasteiger partial charge on any atom is 0.261 e. The summed E-state index contributed by atoms with van der Waals surface area (Å²) in [6.07, 6.45) is 1.82. The maximum atomic E-state index is 12.0. The molecule has 3 rings (SSSR count). The van der Waals surface area contributed by atoms with E-state index in [1.54, 1.807) is 30.3 Å². The quantitative estimate of drug-likeness (QED) is 0.848. The van der Waals surface area contributed by atoms with E-state index in [4.69, 9.17) is 0 Å². The Hall–Kier alpha value is -1.70. The van der Waals surface area contributed by atoms with Crippen molar-refractivity contribution in [2.75, 3.05) is 0 Å². The molecule has 5 nitrogen and oxygen atoms in total. The summed E-state index contributed by atoms with van der Waals surface area (Å²) in [5.41, 5.74) is 0.857. The molecule has 22 heavy (non-hydrogen) atoms. The van der Waals surface area contributed by atoms with Crippen LogP contribution in [0.1, 0.15) is 28.1 Å². The van der Waals surface area contributed by atoms with Gasteiger partial charge in [0.25, 0.3) is 5.91 Å². The molecule has 0 atom stereocenters. The molecule has 0 unspecified atom stereocenters. The third-order valence-electron chi connectivity index (χ3n) is 3.33. The molecule has 2 aromatic rings. The monoisotopic (exact) mass is 336 g/mol. The average Bonchev–Trinajstić information content (AvgIpc) is 3.14. The van der Waals surface area contributed by atoms with Crippen LogP contribution in [0.25, 0.3) is 0 Å². The van der Waals surface area contributed by atoms with Crippen LogP contribution < -0.4 is 10.0 Å². The van der Waals surface area contributed by atoms with Crippen molar-refractivity contribution in [3.05, 3.63) is 52.2 Å². The third-order valence-corrected chi connectivity index (χ3v) is 5.74. The van der Waals surface area contributed by atoms with Gasteiger partial charge in [0.1, 0.15) is 0 Å². The zero-order chi connectivity index (χ0) is 15.6. The van der Waals surface area contributed by atoms with E-state index >= 15 is 0 Å². The van der Waals surface area contributed by atoms with E-state index in [1.807, 2.05) is 11.4 Å². The molecule has 0 spiro atoms. The molecule has 1 heterocycles. The van der Waals surface area contributed by atoms with Crippen molar-refractivity contribution in [2.45, 2.75) is 30.3 Å². The summed E-state index contributed by atoms with van der Waals surface area (Å²) in [7, 11) is -3.42. The Morgan fingerprint density at radius 2 is 1.91 bits per heavy atom. The van der Waals surface area contributed by atoms with Gasteiger partial charge in [0.2, 0.25) is 10.0 Å². The lowest BCUT2D eigenvalue weighted by Gasteiger charge is -2.07. The van der Waals surface area contributed by atoms with E-state index in [1.165, 1.54) is 11.3 Å². The highest BCUT2D eigenvalue weighted by Gasteiger charge is 2.27. The van der Waals surface area contributed by atoms with E-state index in [0.717, 1.165) is 18.4 Å². The molecule has 0 saturated heterocycles. The molecule has 2 N–H and O–H groups in total. The molecule has 1 aliphatic carbocycles. The molecule has 0 bridgehead atoms. The normalized spacial score (nSPS) is 14.7. The van der Waals surface area contributed by atoms with Gasteiger partial charge in [-0.2, -0.15) is 0 Å². The highest BCUT2D eigenvalue weighted by Crippen LogP contribution is 2.22. The fourth-order valence-corrected chi connectivity index (χ4v) is 3.90. The summed E-state index contributed by atoms with van der Waals surface area (Å²) < 4.78 is 26.7. The van der Waals surface area contributed by atoms with Crippen molar-refractivity contribution in [2.24, 2.45) is 0 Å². The van der Waals surface area contributed by atoms with Gasteiger partial charge < -0.3 is 5.32 Å². The summed E-state index contributed by atoms with van der Waals surface area (Å²) in [5, 5.41) is 4.66. The number of hydrogen-bond donors (Lipinski definition) is 2. The summed E-state index contributed by atoms with van der Waals surface area (Å²) in [6.45, 7) is 0.368. The third kappa shape index (κ3) is 3.73. The molecule has 1 amide bonds. The van der Waals surface area contributed by atoms with Crippen LogP contribution in [0.2, 0.25) is 0 Å². The van der Waals surface area contributed by atoms with Gasteiger partial charge in [0, 0.05) is 12.6 Å². The van der Waals surface area contributed by atoms with E-state index in [-0.39, 0.29) is 16.8 Å². The lowest BCUT2D eigenvalue weighted by Crippen LogP contribution is -2.25. The highest BCUT2D eigenvalue weighted by molar-refractivity contribution is 7.89. The molecule has 0 aliphatic heterocycles. The molecule has 116 valence electrons. The van der Waals surface area contributed by atoms with Crippen molar-refractivity contribution in [3.63, 3.8) is 0 Å². The van der Waals surface area contributed by atoms with Crippen molar-refractivity contribution in [1.82, 2.24) is 10.0 Å². The van der Waals surface area contributed by atoms with E-state index < -0.39 is 10.0 Å². The second kappa shape index (κ2) is 6.20. The fraction of sp³-hybridized carbons (Fsp3) is 0.267.